The number of hydrogen-bond donors (Lipinski definition) is 2. The van der Waals surface area contributed by atoms with Gasteiger partial charge in [-0.2, -0.15) is 5.26 Å². The van der Waals surface area contributed by atoms with Crippen LogP contribution in [0, 0.1) is 11.3 Å². The maximum atomic E-state index is 12.5. The molecule has 1 aliphatic rings. The number of nitrogens with zero attached hydrogens (tertiary/aromatic N) is 1. The van der Waals surface area contributed by atoms with Crippen molar-refractivity contribution in [3.8, 4) is 34.8 Å². The number of aromatic hydroxyl groups is 1. The van der Waals surface area contributed by atoms with E-state index in [9.17, 15) is 15.2 Å². The quantitative estimate of drug-likeness (QED) is 0.604. The second-order valence-corrected chi connectivity index (χ2v) is 5.76. The number of benzene rings is 2. The van der Waals surface area contributed by atoms with Crippen molar-refractivity contribution in [3.63, 3.8) is 0 Å². The summed E-state index contributed by atoms with van der Waals surface area (Å²) in [7, 11) is 2.78. The summed E-state index contributed by atoms with van der Waals surface area (Å²) in [5.74, 6) is 0.694. The third-order valence-electron chi connectivity index (χ3n) is 3.98. The van der Waals surface area contributed by atoms with Crippen LogP contribution in [0.3, 0.4) is 0 Å². The van der Waals surface area contributed by atoms with Gasteiger partial charge in [0.05, 0.1) is 14.2 Å². The smallest absolute Gasteiger partial charge is 0.266 e. The first kappa shape index (κ1) is 18.9. The van der Waals surface area contributed by atoms with Gasteiger partial charge in [0.1, 0.15) is 24.9 Å². The number of nitrogens with one attached hydrogen (secondary N) is 1. The zero-order chi connectivity index (χ0) is 20.1. The van der Waals surface area contributed by atoms with E-state index in [2.05, 4.69) is 5.32 Å². The van der Waals surface area contributed by atoms with E-state index < -0.39 is 5.91 Å². The molecule has 1 aliphatic heterocycles. The summed E-state index contributed by atoms with van der Waals surface area (Å²) in [4.78, 5) is 12.5. The number of phenols is 1. The first-order valence-corrected chi connectivity index (χ1v) is 8.33. The van der Waals surface area contributed by atoms with Crippen molar-refractivity contribution in [1.82, 2.24) is 0 Å². The number of anilines is 1. The number of rotatable bonds is 5. The van der Waals surface area contributed by atoms with Crippen LogP contribution in [0.15, 0.2) is 35.9 Å². The standard InChI is InChI=1S/C20H18N2O6/c1-25-17-8-12(9-18(26-2)19(17)23)7-13(11-21)20(24)22-14-3-4-15-16(10-14)28-6-5-27-15/h3-4,7-10,23H,5-6H2,1-2H3,(H,22,24). The van der Waals surface area contributed by atoms with Gasteiger partial charge < -0.3 is 29.4 Å². The number of fused-ring (bicyclic) bond motifs is 1. The summed E-state index contributed by atoms with van der Waals surface area (Å²) in [6.45, 7) is 0.901. The van der Waals surface area contributed by atoms with Crippen molar-refractivity contribution in [1.29, 1.82) is 5.26 Å². The molecule has 1 amide bonds. The van der Waals surface area contributed by atoms with Gasteiger partial charge in [-0.25, -0.2) is 0 Å². The molecule has 1 heterocycles. The van der Waals surface area contributed by atoms with Crippen LogP contribution in [0.2, 0.25) is 0 Å². The van der Waals surface area contributed by atoms with Gasteiger partial charge in [0.2, 0.25) is 5.75 Å². The fourth-order valence-electron chi connectivity index (χ4n) is 2.63. The molecule has 8 nitrogen and oxygen atoms in total. The monoisotopic (exact) mass is 382 g/mol. The number of ether oxygens (including phenoxy) is 4. The molecule has 3 rings (SSSR count). The van der Waals surface area contributed by atoms with E-state index in [1.54, 1.807) is 18.2 Å². The highest BCUT2D eigenvalue weighted by molar-refractivity contribution is 6.09. The summed E-state index contributed by atoms with van der Waals surface area (Å²) in [5.41, 5.74) is 0.793. The van der Waals surface area contributed by atoms with Crippen molar-refractivity contribution >= 4 is 17.7 Å². The topological polar surface area (TPSA) is 110 Å². The summed E-state index contributed by atoms with van der Waals surface area (Å²) in [6, 6.07) is 9.84. The van der Waals surface area contributed by atoms with E-state index in [0.29, 0.717) is 36.0 Å². The molecule has 0 radical (unpaired) electrons. The molecule has 0 spiro atoms. The van der Waals surface area contributed by atoms with E-state index >= 15 is 0 Å². The first-order valence-electron chi connectivity index (χ1n) is 8.33. The van der Waals surface area contributed by atoms with Gasteiger partial charge in [0, 0.05) is 11.8 Å². The van der Waals surface area contributed by atoms with E-state index in [1.807, 2.05) is 6.07 Å². The molecule has 2 N–H and O–H groups in total. The molecule has 0 saturated heterocycles. The molecule has 0 aromatic heterocycles. The fraction of sp³-hybridized carbons (Fsp3) is 0.200. The Balaban J connectivity index is 1.85. The molecule has 2 aromatic carbocycles. The summed E-state index contributed by atoms with van der Waals surface area (Å²) in [5, 5.41) is 22.0. The Hall–Kier alpha value is -3.86. The molecule has 0 bridgehead atoms. The van der Waals surface area contributed by atoms with Crippen LogP contribution in [0.25, 0.3) is 6.08 Å². The maximum absolute atomic E-state index is 12.5. The first-order chi connectivity index (χ1) is 13.5. The van der Waals surface area contributed by atoms with Crippen molar-refractivity contribution in [3.05, 3.63) is 41.5 Å². The number of hydrogen-bond acceptors (Lipinski definition) is 7. The van der Waals surface area contributed by atoms with Crippen LogP contribution in [0.1, 0.15) is 5.56 Å². The normalized spacial score (nSPS) is 12.7. The Kier molecular flexibility index (Phi) is 5.56. The van der Waals surface area contributed by atoms with E-state index in [0.717, 1.165) is 0 Å². The van der Waals surface area contributed by atoms with Crippen LogP contribution in [-0.2, 0) is 4.79 Å². The largest absolute Gasteiger partial charge is 0.502 e. The predicted octanol–water partition coefficient (Wildman–Crippen LogP) is 2.73. The highest BCUT2D eigenvalue weighted by Gasteiger charge is 2.16. The second-order valence-electron chi connectivity index (χ2n) is 5.76. The lowest BCUT2D eigenvalue weighted by Crippen LogP contribution is -2.17. The molecule has 0 aliphatic carbocycles. The third-order valence-corrected chi connectivity index (χ3v) is 3.98. The van der Waals surface area contributed by atoms with Gasteiger partial charge in [0.15, 0.2) is 23.0 Å². The molecule has 28 heavy (non-hydrogen) atoms. The van der Waals surface area contributed by atoms with Crippen LogP contribution in [-0.4, -0.2) is 38.4 Å². The number of methoxy groups -OCH3 is 2. The number of carbonyl (C=O) groups is 1. The molecular weight excluding hydrogens is 364 g/mol. The van der Waals surface area contributed by atoms with Crippen molar-refractivity contribution in [2.24, 2.45) is 0 Å². The minimum absolute atomic E-state index is 0.135. The van der Waals surface area contributed by atoms with Crippen molar-refractivity contribution in [2.75, 3.05) is 32.8 Å². The summed E-state index contributed by atoms with van der Waals surface area (Å²) >= 11 is 0. The minimum Gasteiger partial charge on any atom is -0.502 e. The Morgan fingerprint density at radius 3 is 2.39 bits per heavy atom. The molecule has 8 heteroatoms. The van der Waals surface area contributed by atoms with Gasteiger partial charge in [-0.15, -0.1) is 0 Å². The van der Waals surface area contributed by atoms with Crippen molar-refractivity contribution < 1.29 is 28.8 Å². The Labute approximate surface area is 161 Å². The maximum Gasteiger partial charge on any atom is 0.266 e. The van der Waals surface area contributed by atoms with E-state index in [4.69, 9.17) is 18.9 Å². The van der Waals surface area contributed by atoms with Gasteiger partial charge in [0.25, 0.3) is 5.91 Å². The Morgan fingerprint density at radius 1 is 1.14 bits per heavy atom. The number of carbonyl (C=O) groups excluding carboxylic acids is 1. The van der Waals surface area contributed by atoms with E-state index in [1.165, 1.54) is 32.4 Å². The molecule has 2 aromatic rings. The van der Waals surface area contributed by atoms with Crippen molar-refractivity contribution in [2.45, 2.75) is 0 Å². The molecule has 0 saturated carbocycles. The average molecular weight is 382 g/mol. The molecular formula is C20H18N2O6. The Morgan fingerprint density at radius 2 is 1.79 bits per heavy atom. The lowest BCUT2D eigenvalue weighted by molar-refractivity contribution is -0.112. The van der Waals surface area contributed by atoms with Gasteiger partial charge in [-0.3, -0.25) is 4.79 Å². The second kappa shape index (κ2) is 8.22. The third kappa shape index (κ3) is 3.94. The van der Waals surface area contributed by atoms with Crippen LogP contribution < -0.4 is 24.3 Å². The lowest BCUT2D eigenvalue weighted by Gasteiger charge is -2.18. The molecule has 0 unspecified atom stereocenters. The average Bonchev–Trinajstić information content (AvgIpc) is 2.72. The minimum atomic E-state index is -0.592. The summed E-state index contributed by atoms with van der Waals surface area (Å²) < 4.78 is 21.1. The number of amides is 1. The fourth-order valence-corrected chi connectivity index (χ4v) is 2.63. The van der Waals surface area contributed by atoms with E-state index in [-0.39, 0.29) is 22.8 Å². The van der Waals surface area contributed by atoms with Gasteiger partial charge in [-0.05, 0) is 35.9 Å². The highest BCUT2D eigenvalue weighted by Crippen LogP contribution is 2.38. The molecule has 0 fully saturated rings. The van der Waals surface area contributed by atoms with Crippen LogP contribution in [0.4, 0.5) is 5.69 Å². The Bertz CT molecular complexity index is 952. The number of nitriles is 1. The highest BCUT2D eigenvalue weighted by atomic mass is 16.6. The van der Waals surface area contributed by atoms with Gasteiger partial charge in [-0.1, -0.05) is 0 Å². The van der Waals surface area contributed by atoms with Gasteiger partial charge >= 0.3 is 0 Å². The molecule has 0 atom stereocenters. The number of phenolic OH excluding ortho intramolecular Hbond substituents is 1. The lowest BCUT2D eigenvalue weighted by atomic mass is 10.1. The SMILES string of the molecule is COc1cc(C=C(C#N)C(=O)Nc2ccc3c(c2)OCCO3)cc(OC)c1O. The zero-order valence-corrected chi connectivity index (χ0v) is 15.3. The summed E-state index contributed by atoms with van der Waals surface area (Å²) in [6.07, 6.45) is 1.37. The molecule has 144 valence electrons. The predicted molar refractivity (Wildman–Crippen MR) is 101 cm³/mol. The van der Waals surface area contributed by atoms with Crippen LogP contribution in [0.5, 0.6) is 28.7 Å². The zero-order valence-electron chi connectivity index (χ0n) is 15.3. The van der Waals surface area contributed by atoms with Crippen LogP contribution >= 0.6 is 0 Å².